The Morgan fingerprint density at radius 2 is 2.38 bits per heavy atom. The van der Waals surface area contributed by atoms with Crippen LogP contribution in [0.1, 0.15) is 29.8 Å². The van der Waals surface area contributed by atoms with Gasteiger partial charge in [-0.1, -0.05) is 0 Å². The molecule has 1 aromatic rings. The van der Waals surface area contributed by atoms with Crippen LogP contribution in [0.2, 0.25) is 0 Å². The van der Waals surface area contributed by atoms with E-state index >= 15 is 0 Å². The number of hydrogen-bond donors (Lipinski definition) is 0. The lowest BCUT2D eigenvalue weighted by Crippen LogP contribution is -2.26. The fraction of sp³-hybridized carbons (Fsp3) is 0.778. The van der Waals surface area contributed by atoms with Gasteiger partial charge in [0.25, 0.3) is 0 Å². The first kappa shape index (κ1) is 9.09. The fourth-order valence-electron chi connectivity index (χ4n) is 1.80. The third-order valence-electron chi connectivity index (χ3n) is 2.60. The van der Waals surface area contributed by atoms with Gasteiger partial charge < -0.3 is 0 Å². The molecule has 1 atom stereocenters. The van der Waals surface area contributed by atoms with E-state index < -0.39 is 0 Å². The van der Waals surface area contributed by atoms with Gasteiger partial charge in [0.1, 0.15) is 10.0 Å². The first-order valence-electron chi connectivity index (χ1n) is 4.79. The normalized spacial score (nSPS) is 24.0. The molecule has 0 aromatic carbocycles. The average molecular weight is 197 g/mol. The molecule has 1 saturated heterocycles. The van der Waals surface area contributed by atoms with Crippen LogP contribution >= 0.6 is 11.3 Å². The molecule has 1 aromatic heterocycles. The summed E-state index contributed by atoms with van der Waals surface area (Å²) in [5.41, 5.74) is 0. The van der Waals surface area contributed by atoms with Crippen molar-refractivity contribution in [3.8, 4) is 0 Å². The second-order valence-corrected chi connectivity index (χ2v) is 4.94. The van der Waals surface area contributed by atoms with Crippen LogP contribution in [0.25, 0.3) is 0 Å². The highest BCUT2D eigenvalue weighted by Crippen LogP contribution is 2.20. The summed E-state index contributed by atoms with van der Waals surface area (Å²) in [5.74, 6) is 0. The minimum Gasteiger partial charge on any atom is -0.294 e. The van der Waals surface area contributed by atoms with Crippen molar-refractivity contribution in [2.24, 2.45) is 0 Å². The second kappa shape index (κ2) is 3.72. The van der Waals surface area contributed by atoms with E-state index in [0.29, 0.717) is 0 Å². The number of nitrogens with zero attached hydrogens (tertiary/aromatic N) is 3. The molecule has 0 radical (unpaired) electrons. The van der Waals surface area contributed by atoms with Gasteiger partial charge in [0, 0.05) is 6.04 Å². The van der Waals surface area contributed by atoms with E-state index in [2.05, 4.69) is 22.0 Å². The van der Waals surface area contributed by atoms with E-state index in [9.17, 15) is 0 Å². The Hall–Kier alpha value is -0.480. The second-order valence-electron chi connectivity index (χ2n) is 3.68. The van der Waals surface area contributed by atoms with Gasteiger partial charge in [-0.15, -0.1) is 21.5 Å². The molecule has 3 nitrogen and oxygen atoms in total. The lowest BCUT2D eigenvalue weighted by molar-refractivity contribution is 0.259. The SMILES string of the molecule is Cc1nnc(CN2CCCC2C)s1. The van der Waals surface area contributed by atoms with Gasteiger partial charge in [-0.3, -0.25) is 4.90 Å². The fourth-order valence-corrected chi connectivity index (χ4v) is 2.54. The Labute approximate surface area is 82.8 Å². The third-order valence-corrected chi connectivity index (χ3v) is 3.42. The molecule has 0 saturated carbocycles. The van der Waals surface area contributed by atoms with Crippen molar-refractivity contribution in [2.75, 3.05) is 6.54 Å². The van der Waals surface area contributed by atoms with Crippen LogP contribution in [0, 0.1) is 6.92 Å². The predicted molar refractivity (Wildman–Crippen MR) is 53.8 cm³/mol. The maximum absolute atomic E-state index is 4.14. The molecular formula is C9H15N3S. The first-order chi connectivity index (χ1) is 6.25. The molecule has 0 amide bonds. The van der Waals surface area contributed by atoms with Crippen molar-refractivity contribution in [3.63, 3.8) is 0 Å². The predicted octanol–water partition coefficient (Wildman–Crippen LogP) is 1.83. The highest BCUT2D eigenvalue weighted by atomic mass is 32.1. The topological polar surface area (TPSA) is 29.0 Å². The maximum Gasteiger partial charge on any atom is 0.131 e. The molecular weight excluding hydrogens is 182 g/mol. The summed E-state index contributed by atoms with van der Waals surface area (Å²) in [7, 11) is 0. The van der Waals surface area contributed by atoms with Crippen molar-refractivity contribution in [1.29, 1.82) is 0 Å². The lowest BCUT2D eigenvalue weighted by Gasteiger charge is -2.18. The van der Waals surface area contributed by atoms with E-state index in [1.165, 1.54) is 19.4 Å². The largest absolute Gasteiger partial charge is 0.294 e. The Morgan fingerprint density at radius 3 is 2.92 bits per heavy atom. The van der Waals surface area contributed by atoms with Crippen LogP contribution in [-0.4, -0.2) is 27.7 Å². The van der Waals surface area contributed by atoms with Gasteiger partial charge in [-0.25, -0.2) is 0 Å². The number of rotatable bonds is 2. The van der Waals surface area contributed by atoms with Gasteiger partial charge in [-0.2, -0.15) is 0 Å². The Bertz CT molecular complexity index is 284. The number of aryl methyl sites for hydroxylation is 1. The summed E-state index contributed by atoms with van der Waals surface area (Å²) >= 11 is 1.71. The molecule has 4 heteroatoms. The molecule has 0 spiro atoms. The molecule has 72 valence electrons. The average Bonchev–Trinajstić information content (AvgIpc) is 2.64. The zero-order valence-electron chi connectivity index (χ0n) is 8.16. The van der Waals surface area contributed by atoms with Crippen LogP contribution in [0.15, 0.2) is 0 Å². The summed E-state index contributed by atoms with van der Waals surface area (Å²) in [6, 6.07) is 0.726. The molecule has 1 unspecified atom stereocenters. The lowest BCUT2D eigenvalue weighted by atomic mass is 10.2. The minimum absolute atomic E-state index is 0.726. The Balaban J connectivity index is 1.97. The summed E-state index contributed by atoms with van der Waals surface area (Å²) in [4.78, 5) is 2.49. The molecule has 2 rings (SSSR count). The zero-order valence-corrected chi connectivity index (χ0v) is 8.97. The van der Waals surface area contributed by atoms with Crippen LogP contribution in [0.5, 0.6) is 0 Å². The van der Waals surface area contributed by atoms with E-state index in [4.69, 9.17) is 0 Å². The zero-order chi connectivity index (χ0) is 9.26. The molecule has 0 bridgehead atoms. The number of aromatic nitrogens is 2. The van der Waals surface area contributed by atoms with Crippen molar-refractivity contribution < 1.29 is 0 Å². The molecule has 1 aliphatic heterocycles. The van der Waals surface area contributed by atoms with Crippen molar-refractivity contribution in [2.45, 2.75) is 39.3 Å². The highest BCUT2D eigenvalue weighted by Gasteiger charge is 2.21. The van der Waals surface area contributed by atoms with Crippen molar-refractivity contribution >= 4 is 11.3 Å². The molecule has 13 heavy (non-hydrogen) atoms. The van der Waals surface area contributed by atoms with Crippen LogP contribution in [-0.2, 0) is 6.54 Å². The number of likely N-dealkylation sites (tertiary alicyclic amines) is 1. The standard InChI is InChI=1S/C9H15N3S/c1-7-4-3-5-12(7)6-9-11-10-8(2)13-9/h7H,3-6H2,1-2H3. The van der Waals surface area contributed by atoms with Crippen molar-refractivity contribution in [1.82, 2.24) is 15.1 Å². The number of hydrogen-bond acceptors (Lipinski definition) is 4. The van der Waals surface area contributed by atoms with Crippen LogP contribution in [0.3, 0.4) is 0 Å². The maximum atomic E-state index is 4.14. The van der Waals surface area contributed by atoms with E-state index in [0.717, 1.165) is 22.6 Å². The summed E-state index contributed by atoms with van der Waals surface area (Å²) in [6.07, 6.45) is 2.66. The quantitative estimate of drug-likeness (QED) is 0.724. The van der Waals surface area contributed by atoms with Gasteiger partial charge in [0.15, 0.2) is 0 Å². The third kappa shape index (κ3) is 2.06. The monoisotopic (exact) mass is 197 g/mol. The van der Waals surface area contributed by atoms with Crippen molar-refractivity contribution in [3.05, 3.63) is 10.0 Å². The Morgan fingerprint density at radius 1 is 1.54 bits per heavy atom. The van der Waals surface area contributed by atoms with Gasteiger partial charge in [0.05, 0.1) is 6.54 Å². The van der Waals surface area contributed by atoms with E-state index in [1.807, 2.05) is 6.92 Å². The van der Waals surface area contributed by atoms with Gasteiger partial charge in [-0.05, 0) is 33.2 Å². The Kier molecular flexibility index (Phi) is 2.60. The molecule has 0 N–H and O–H groups in total. The molecule has 1 aliphatic rings. The van der Waals surface area contributed by atoms with Gasteiger partial charge >= 0.3 is 0 Å². The van der Waals surface area contributed by atoms with Crippen LogP contribution < -0.4 is 0 Å². The summed E-state index contributed by atoms with van der Waals surface area (Å²) in [5, 5.41) is 10.4. The molecule has 0 aliphatic carbocycles. The van der Waals surface area contributed by atoms with E-state index in [-0.39, 0.29) is 0 Å². The summed E-state index contributed by atoms with van der Waals surface area (Å²) in [6.45, 7) is 6.52. The summed E-state index contributed by atoms with van der Waals surface area (Å²) < 4.78 is 0. The first-order valence-corrected chi connectivity index (χ1v) is 5.60. The van der Waals surface area contributed by atoms with Crippen LogP contribution in [0.4, 0.5) is 0 Å². The minimum atomic E-state index is 0.726. The smallest absolute Gasteiger partial charge is 0.131 e. The molecule has 1 fully saturated rings. The van der Waals surface area contributed by atoms with E-state index in [1.54, 1.807) is 11.3 Å². The molecule has 2 heterocycles. The highest BCUT2D eigenvalue weighted by molar-refractivity contribution is 7.11. The van der Waals surface area contributed by atoms with Gasteiger partial charge in [0.2, 0.25) is 0 Å².